The molecule has 0 saturated heterocycles. The Morgan fingerprint density at radius 2 is 1.73 bits per heavy atom. The molecule has 0 bridgehead atoms. The van der Waals surface area contributed by atoms with Crippen molar-refractivity contribution in [1.82, 2.24) is 10.1 Å². The van der Waals surface area contributed by atoms with Crippen LogP contribution in [0, 0.1) is 17.8 Å². The van der Waals surface area contributed by atoms with Gasteiger partial charge in [-0.05, 0) is 24.0 Å². The second-order valence-electron chi connectivity index (χ2n) is 7.19. The number of hydrazine groups is 2. The molecule has 26 heavy (non-hydrogen) atoms. The molecule has 1 heterocycles. The van der Waals surface area contributed by atoms with Gasteiger partial charge in [0, 0.05) is 37.8 Å². The summed E-state index contributed by atoms with van der Waals surface area (Å²) in [7, 11) is 0. The van der Waals surface area contributed by atoms with Crippen molar-refractivity contribution in [3.63, 3.8) is 0 Å². The highest BCUT2D eigenvalue weighted by molar-refractivity contribution is 5.88. The van der Waals surface area contributed by atoms with Crippen molar-refractivity contribution in [2.75, 3.05) is 19.8 Å². The van der Waals surface area contributed by atoms with Crippen LogP contribution in [0.15, 0.2) is 29.8 Å². The molecule has 0 radical (unpaired) electrons. The van der Waals surface area contributed by atoms with E-state index in [1.807, 2.05) is 45.0 Å². The van der Waals surface area contributed by atoms with E-state index in [1.54, 1.807) is 0 Å². The molecule has 0 aliphatic carbocycles. The maximum atomic E-state index is 13.0. The van der Waals surface area contributed by atoms with Crippen molar-refractivity contribution >= 4 is 11.6 Å². The van der Waals surface area contributed by atoms with Crippen molar-refractivity contribution in [1.29, 1.82) is 0 Å². The fourth-order valence-electron chi connectivity index (χ4n) is 3.41. The van der Waals surface area contributed by atoms with Gasteiger partial charge < -0.3 is 15.9 Å². The summed E-state index contributed by atoms with van der Waals surface area (Å²) in [6, 6.07) is 7.71. The van der Waals surface area contributed by atoms with Gasteiger partial charge in [0.25, 0.3) is 0 Å². The third-order valence-electron chi connectivity index (χ3n) is 4.79. The van der Waals surface area contributed by atoms with Crippen LogP contribution in [0.2, 0.25) is 0 Å². The summed E-state index contributed by atoms with van der Waals surface area (Å²) in [4.78, 5) is 13.0. The predicted octanol–water partition coefficient (Wildman–Crippen LogP) is 0.682. The van der Waals surface area contributed by atoms with Crippen molar-refractivity contribution in [3.05, 3.63) is 41.0 Å². The van der Waals surface area contributed by atoms with Gasteiger partial charge in [0.15, 0.2) is 0 Å². The molecule has 1 aliphatic rings. The first kappa shape index (κ1) is 20.4. The van der Waals surface area contributed by atoms with E-state index in [0.29, 0.717) is 18.8 Å². The Morgan fingerprint density at radius 3 is 2.19 bits per heavy atom. The van der Waals surface area contributed by atoms with Crippen LogP contribution < -0.4 is 11.6 Å². The van der Waals surface area contributed by atoms with Crippen LogP contribution in [0.25, 0.3) is 5.70 Å². The van der Waals surface area contributed by atoms with Crippen LogP contribution in [0.4, 0.5) is 0 Å². The van der Waals surface area contributed by atoms with Gasteiger partial charge in [-0.25, -0.2) is 16.0 Å². The Bertz CT molecular complexity index is 653. The molecule has 6 N–H and O–H groups in total. The molecule has 1 aromatic rings. The highest BCUT2D eigenvalue weighted by atomic mass is 16.3. The third-order valence-corrected chi connectivity index (χ3v) is 4.79. The number of hydrogen-bond acceptors (Lipinski definition) is 6. The number of carbonyl (C=O) groups excluding carboxylic acids is 1. The van der Waals surface area contributed by atoms with Crippen molar-refractivity contribution in [2.24, 2.45) is 29.3 Å². The largest absolute Gasteiger partial charge is 0.396 e. The van der Waals surface area contributed by atoms with Gasteiger partial charge in [-0.2, -0.15) is 0 Å². The molecule has 7 heteroatoms. The zero-order chi connectivity index (χ0) is 19.4. The van der Waals surface area contributed by atoms with Crippen LogP contribution >= 0.6 is 0 Å². The fraction of sp³-hybridized carbons (Fsp3) is 0.526. The Labute approximate surface area is 154 Å². The van der Waals surface area contributed by atoms with Gasteiger partial charge in [-0.3, -0.25) is 4.79 Å². The van der Waals surface area contributed by atoms with Gasteiger partial charge >= 0.3 is 0 Å². The summed E-state index contributed by atoms with van der Waals surface area (Å²) >= 11 is 0. The molecule has 1 amide bonds. The van der Waals surface area contributed by atoms with Crippen LogP contribution in [0.5, 0.6) is 0 Å². The van der Waals surface area contributed by atoms with Gasteiger partial charge in [-0.15, -0.1) is 0 Å². The normalized spacial score (nSPS) is 18.5. The monoisotopic (exact) mass is 362 g/mol. The first-order valence-corrected chi connectivity index (χ1v) is 8.93. The van der Waals surface area contributed by atoms with E-state index in [0.717, 1.165) is 16.7 Å². The summed E-state index contributed by atoms with van der Waals surface area (Å²) in [5, 5.41) is 22.2. The molecule has 2 rings (SSSR count). The number of amides is 1. The summed E-state index contributed by atoms with van der Waals surface area (Å²) in [6.45, 7) is 6.20. The minimum atomic E-state index is -0.618. The molecule has 0 spiro atoms. The molecule has 1 unspecified atom stereocenters. The smallest absolute Gasteiger partial charge is 0.250 e. The lowest BCUT2D eigenvalue weighted by molar-refractivity contribution is -0.153. The molecule has 1 aliphatic heterocycles. The van der Waals surface area contributed by atoms with Crippen molar-refractivity contribution in [3.8, 4) is 0 Å². The molecule has 1 aromatic carbocycles. The Hall–Kier alpha value is -1.93. The summed E-state index contributed by atoms with van der Waals surface area (Å²) < 4.78 is 0. The van der Waals surface area contributed by atoms with E-state index in [1.165, 1.54) is 10.1 Å². The number of nitrogens with two attached hydrogens (primary N) is 2. The minimum Gasteiger partial charge on any atom is -0.396 e. The van der Waals surface area contributed by atoms with Crippen LogP contribution in [0.1, 0.15) is 31.9 Å². The lowest BCUT2D eigenvalue weighted by Crippen LogP contribution is -2.58. The SMILES string of the molecule is CC1=C(c2ccc(CN)cc2)N(N)N(CC(C)C)C(=O)C1C(CO)CO. The van der Waals surface area contributed by atoms with Gasteiger partial charge in [0.1, 0.15) is 0 Å². The average molecular weight is 362 g/mol. The summed E-state index contributed by atoms with van der Waals surface area (Å²) in [5.74, 6) is 5.16. The molecular formula is C19H30N4O3. The first-order valence-electron chi connectivity index (χ1n) is 8.93. The van der Waals surface area contributed by atoms with Crippen LogP contribution in [-0.2, 0) is 11.3 Å². The topological polar surface area (TPSA) is 116 Å². The fourth-order valence-corrected chi connectivity index (χ4v) is 3.41. The Kier molecular flexibility index (Phi) is 6.77. The lowest BCUT2D eigenvalue weighted by atomic mass is 9.82. The zero-order valence-electron chi connectivity index (χ0n) is 15.7. The highest BCUT2D eigenvalue weighted by Gasteiger charge is 2.41. The maximum Gasteiger partial charge on any atom is 0.250 e. The number of rotatable bonds is 7. The Balaban J connectivity index is 2.56. The number of benzene rings is 1. The van der Waals surface area contributed by atoms with Crippen LogP contribution in [0.3, 0.4) is 0 Å². The number of carbonyl (C=O) groups is 1. The average Bonchev–Trinajstić information content (AvgIpc) is 2.62. The summed E-state index contributed by atoms with van der Waals surface area (Å²) in [5.41, 5.74) is 8.99. The van der Waals surface area contributed by atoms with Gasteiger partial charge in [-0.1, -0.05) is 38.1 Å². The molecule has 0 fully saturated rings. The number of nitrogens with zero attached hydrogens (tertiary/aromatic N) is 2. The van der Waals surface area contributed by atoms with Gasteiger partial charge in [0.05, 0.1) is 11.6 Å². The second kappa shape index (κ2) is 8.64. The van der Waals surface area contributed by atoms with Crippen LogP contribution in [-0.4, -0.2) is 46.0 Å². The van der Waals surface area contributed by atoms with E-state index >= 15 is 0 Å². The highest BCUT2D eigenvalue weighted by Crippen LogP contribution is 2.36. The van der Waals surface area contributed by atoms with E-state index < -0.39 is 11.8 Å². The molecule has 144 valence electrons. The van der Waals surface area contributed by atoms with Crippen molar-refractivity contribution < 1.29 is 15.0 Å². The Morgan fingerprint density at radius 1 is 1.15 bits per heavy atom. The first-order chi connectivity index (χ1) is 12.3. The lowest BCUT2D eigenvalue weighted by Gasteiger charge is -2.44. The minimum absolute atomic E-state index is 0.200. The van der Waals surface area contributed by atoms with Gasteiger partial charge in [0.2, 0.25) is 5.91 Å². The molecule has 1 atom stereocenters. The van der Waals surface area contributed by atoms with E-state index in [4.69, 9.17) is 11.6 Å². The van der Waals surface area contributed by atoms with E-state index in [-0.39, 0.29) is 25.0 Å². The predicted molar refractivity (Wildman–Crippen MR) is 101 cm³/mol. The quantitative estimate of drug-likeness (QED) is 0.530. The summed E-state index contributed by atoms with van der Waals surface area (Å²) in [6.07, 6.45) is 0. The number of aliphatic hydroxyl groups excluding tert-OH is 2. The molecule has 0 aromatic heterocycles. The maximum absolute atomic E-state index is 13.0. The molecule has 0 saturated carbocycles. The molecule has 7 nitrogen and oxygen atoms in total. The van der Waals surface area contributed by atoms with E-state index in [2.05, 4.69) is 0 Å². The third kappa shape index (κ3) is 3.91. The standard InChI is InChI=1S/C19H30N4O3/c1-12(2)9-22-19(26)17(16(10-24)11-25)13(3)18(23(22)21)15-6-4-14(8-20)5-7-15/h4-7,12,16-17,24-25H,8-11,20-21H2,1-3H3. The van der Waals surface area contributed by atoms with Crippen molar-refractivity contribution in [2.45, 2.75) is 27.3 Å². The second-order valence-corrected chi connectivity index (χ2v) is 7.19. The molecular weight excluding hydrogens is 332 g/mol. The number of aliphatic hydroxyl groups is 2. The van der Waals surface area contributed by atoms with E-state index in [9.17, 15) is 15.0 Å². The number of hydrogen-bond donors (Lipinski definition) is 4. The zero-order valence-corrected chi connectivity index (χ0v) is 15.7.